The SMILES string of the molecule is Cn1ccnc1-c1cncc([C@H]2CCCN(c3ccncn3)C2)n1. The Balaban J connectivity index is 1.58. The Kier molecular flexibility index (Phi) is 3.90. The highest BCUT2D eigenvalue weighted by Gasteiger charge is 2.24. The molecular weight excluding hydrogens is 302 g/mol. The smallest absolute Gasteiger partial charge is 0.159 e. The molecular formula is C17H19N7. The van der Waals surface area contributed by atoms with Gasteiger partial charge < -0.3 is 9.47 Å². The summed E-state index contributed by atoms with van der Waals surface area (Å²) in [5, 5.41) is 0. The minimum absolute atomic E-state index is 0.349. The van der Waals surface area contributed by atoms with Crippen LogP contribution in [0.4, 0.5) is 5.82 Å². The first kappa shape index (κ1) is 14.7. The zero-order valence-corrected chi connectivity index (χ0v) is 13.6. The summed E-state index contributed by atoms with van der Waals surface area (Å²) in [6, 6.07) is 1.96. The van der Waals surface area contributed by atoms with Crippen LogP contribution in [0.3, 0.4) is 0 Å². The molecule has 0 unspecified atom stereocenters. The molecule has 4 heterocycles. The topological polar surface area (TPSA) is 72.6 Å². The van der Waals surface area contributed by atoms with Crippen LogP contribution in [-0.4, -0.2) is 42.6 Å². The summed E-state index contributed by atoms with van der Waals surface area (Å²) in [6.45, 7) is 1.91. The summed E-state index contributed by atoms with van der Waals surface area (Å²) in [6.07, 6.45) is 13.0. The summed E-state index contributed by atoms with van der Waals surface area (Å²) in [4.78, 5) is 24.2. The lowest BCUT2D eigenvalue weighted by Gasteiger charge is -2.33. The Morgan fingerprint density at radius 3 is 2.88 bits per heavy atom. The predicted octanol–water partition coefficient (Wildman–Crippen LogP) is 2.05. The van der Waals surface area contributed by atoms with Gasteiger partial charge in [-0.3, -0.25) is 4.98 Å². The van der Waals surface area contributed by atoms with Gasteiger partial charge in [-0.2, -0.15) is 0 Å². The molecule has 0 spiro atoms. The van der Waals surface area contributed by atoms with Crippen LogP contribution >= 0.6 is 0 Å². The van der Waals surface area contributed by atoms with Gasteiger partial charge in [-0.1, -0.05) is 0 Å². The lowest BCUT2D eigenvalue weighted by Crippen LogP contribution is -2.35. The average Bonchev–Trinajstić information content (AvgIpc) is 3.09. The molecule has 1 aliphatic rings. The van der Waals surface area contributed by atoms with Gasteiger partial charge in [-0.25, -0.2) is 19.9 Å². The van der Waals surface area contributed by atoms with Crippen molar-refractivity contribution in [2.45, 2.75) is 18.8 Å². The fourth-order valence-electron chi connectivity index (χ4n) is 3.20. The number of aryl methyl sites for hydroxylation is 1. The van der Waals surface area contributed by atoms with Crippen LogP contribution in [0.5, 0.6) is 0 Å². The van der Waals surface area contributed by atoms with Gasteiger partial charge in [0.05, 0.1) is 11.9 Å². The Labute approximate surface area is 140 Å². The van der Waals surface area contributed by atoms with E-state index in [2.05, 4.69) is 24.8 Å². The molecule has 1 aliphatic heterocycles. The number of imidazole rings is 1. The summed E-state index contributed by atoms with van der Waals surface area (Å²) in [5.74, 6) is 2.16. The van der Waals surface area contributed by atoms with E-state index in [-0.39, 0.29) is 0 Å². The highest BCUT2D eigenvalue weighted by molar-refractivity contribution is 5.48. The zero-order valence-electron chi connectivity index (χ0n) is 13.6. The van der Waals surface area contributed by atoms with E-state index in [1.54, 1.807) is 24.9 Å². The zero-order chi connectivity index (χ0) is 16.4. The summed E-state index contributed by atoms with van der Waals surface area (Å²) >= 11 is 0. The van der Waals surface area contributed by atoms with E-state index in [1.807, 2.05) is 30.1 Å². The summed E-state index contributed by atoms with van der Waals surface area (Å²) in [7, 11) is 1.97. The number of piperidine rings is 1. The van der Waals surface area contributed by atoms with Crippen molar-refractivity contribution >= 4 is 5.82 Å². The third kappa shape index (κ3) is 2.84. The van der Waals surface area contributed by atoms with Crippen LogP contribution in [0.2, 0.25) is 0 Å². The van der Waals surface area contributed by atoms with Gasteiger partial charge >= 0.3 is 0 Å². The van der Waals surface area contributed by atoms with Crippen molar-refractivity contribution in [1.29, 1.82) is 0 Å². The third-order valence-corrected chi connectivity index (χ3v) is 4.43. The molecule has 0 amide bonds. The predicted molar refractivity (Wildman–Crippen MR) is 90.5 cm³/mol. The standard InChI is InChI=1S/C17H19N7/c1-23-8-6-20-17(23)15-10-19-9-14(22-15)13-3-2-7-24(11-13)16-4-5-18-12-21-16/h4-6,8-10,12-13H,2-3,7,11H2,1H3/t13-/m0/s1. The molecule has 3 aromatic heterocycles. The van der Waals surface area contributed by atoms with E-state index < -0.39 is 0 Å². The second-order valence-corrected chi connectivity index (χ2v) is 6.04. The fraction of sp³-hybridized carbons (Fsp3) is 0.353. The van der Waals surface area contributed by atoms with Gasteiger partial charge in [0.2, 0.25) is 0 Å². The molecule has 0 aliphatic carbocycles. The molecule has 0 N–H and O–H groups in total. The molecule has 1 atom stereocenters. The fourth-order valence-corrected chi connectivity index (χ4v) is 3.20. The Hall–Kier alpha value is -2.83. The van der Waals surface area contributed by atoms with E-state index in [0.29, 0.717) is 5.92 Å². The van der Waals surface area contributed by atoms with Crippen LogP contribution < -0.4 is 4.90 Å². The Morgan fingerprint density at radius 1 is 1.12 bits per heavy atom. The van der Waals surface area contributed by atoms with Crippen molar-refractivity contribution < 1.29 is 0 Å². The number of aromatic nitrogens is 6. The molecule has 7 heteroatoms. The summed E-state index contributed by atoms with van der Waals surface area (Å²) < 4.78 is 1.96. The number of hydrogen-bond donors (Lipinski definition) is 0. The quantitative estimate of drug-likeness (QED) is 0.735. The maximum Gasteiger partial charge on any atom is 0.159 e. The minimum Gasteiger partial charge on any atom is -0.356 e. The van der Waals surface area contributed by atoms with Gasteiger partial charge in [0.1, 0.15) is 17.8 Å². The number of rotatable bonds is 3. The van der Waals surface area contributed by atoms with Crippen molar-refractivity contribution in [2.24, 2.45) is 7.05 Å². The molecule has 0 saturated carbocycles. The molecule has 7 nitrogen and oxygen atoms in total. The number of anilines is 1. The van der Waals surface area contributed by atoms with E-state index in [9.17, 15) is 0 Å². The molecule has 1 fully saturated rings. The molecule has 4 rings (SSSR count). The van der Waals surface area contributed by atoms with E-state index in [0.717, 1.165) is 49.0 Å². The van der Waals surface area contributed by atoms with Crippen molar-refractivity contribution in [3.05, 3.63) is 49.1 Å². The molecule has 24 heavy (non-hydrogen) atoms. The van der Waals surface area contributed by atoms with Crippen molar-refractivity contribution in [3.8, 4) is 11.5 Å². The van der Waals surface area contributed by atoms with E-state index in [1.165, 1.54) is 0 Å². The van der Waals surface area contributed by atoms with Crippen LogP contribution in [-0.2, 0) is 7.05 Å². The highest BCUT2D eigenvalue weighted by atomic mass is 15.2. The van der Waals surface area contributed by atoms with E-state index >= 15 is 0 Å². The van der Waals surface area contributed by atoms with Crippen LogP contribution in [0, 0.1) is 0 Å². The molecule has 3 aromatic rings. The number of hydrogen-bond acceptors (Lipinski definition) is 6. The maximum absolute atomic E-state index is 4.82. The molecule has 0 radical (unpaired) electrons. The maximum atomic E-state index is 4.82. The first-order valence-corrected chi connectivity index (χ1v) is 8.12. The van der Waals surface area contributed by atoms with Gasteiger partial charge in [0.15, 0.2) is 5.82 Å². The summed E-state index contributed by atoms with van der Waals surface area (Å²) in [5.41, 5.74) is 1.84. The molecule has 0 aromatic carbocycles. The first-order chi connectivity index (χ1) is 11.8. The lowest BCUT2D eigenvalue weighted by atomic mass is 9.95. The Morgan fingerprint density at radius 2 is 2.08 bits per heavy atom. The van der Waals surface area contributed by atoms with E-state index in [4.69, 9.17) is 4.98 Å². The second kappa shape index (κ2) is 6.35. The van der Waals surface area contributed by atoms with Gasteiger partial charge in [0.25, 0.3) is 0 Å². The average molecular weight is 321 g/mol. The normalized spacial score (nSPS) is 17.9. The van der Waals surface area contributed by atoms with Crippen molar-refractivity contribution in [1.82, 2.24) is 29.5 Å². The first-order valence-electron chi connectivity index (χ1n) is 8.12. The van der Waals surface area contributed by atoms with Crippen molar-refractivity contribution in [2.75, 3.05) is 18.0 Å². The monoisotopic (exact) mass is 321 g/mol. The number of nitrogens with zero attached hydrogens (tertiary/aromatic N) is 7. The van der Waals surface area contributed by atoms with Crippen LogP contribution in [0.25, 0.3) is 11.5 Å². The van der Waals surface area contributed by atoms with Gasteiger partial charge in [0, 0.05) is 50.8 Å². The second-order valence-electron chi connectivity index (χ2n) is 6.04. The third-order valence-electron chi connectivity index (χ3n) is 4.43. The molecule has 1 saturated heterocycles. The molecule has 0 bridgehead atoms. The minimum atomic E-state index is 0.349. The van der Waals surface area contributed by atoms with Gasteiger partial charge in [-0.05, 0) is 18.9 Å². The highest BCUT2D eigenvalue weighted by Crippen LogP contribution is 2.28. The molecule has 122 valence electrons. The van der Waals surface area contributed by atoms with Crippen LogP contribution in [0.1, 0.15) is 24.5 Å². The largest absolute Gasteiger partial charge is 0.356 e. The van der Waals surface area contributed by atoms with Gasteiger partial charge in [-0.15, -0.1) is 0 Å². The van der Waals surface area contributed by atoms with Crippen LogP contribution in [0.15, 0.2) is 43.4 Å². The Bertz CT molecular complexity index is 815. The van der Waals surface area contributed by atoms with Crippen molar-refractivity contribution in [3.63, 3.8) is 0 Å². The lowest BCUT2D eigenvalue weighted by molar-refractivity contribution is 0.497.